The van der Waals surface area contributed by atoms with Gasteiger partial charge >= 0.3 is 5.97 Å². The van der Waals surface area contributed by atoms with Crippen LogP contribution >= 0.6 is 0 Å². The van der Waals surface area contributed by atoms with E-state index in [1.807, 2.05) is 0 Å². The van der Waals surface area contributed by atoms with Gasteiger partial charge in [0.15, 0.2) is 0 Å². The van der Waals surface area contributed by atoms with Crippen LogP contribution < -0.4 is 5.32 Å². The Hall–Kier alpha value is -1.91. The van der Waals surface area contributed by atoms with E-state index in [0.717, 1.165) is 12.1 Å². The minimum atomic E-state index is -1.37. The molecule has 0 saturated carbocycles. The summed E-state index contributed by atoms with van der Waals surface area (Å²) in [7, 11) is 0. The van der Waals surface area contributed by atoms with Gasteiger partial charge in [-0.3, -0.25) is 0 Å². The Morgan fingerprint density at radius 1 is 1.44 bits per heavy atom. The number of anilines is 1. The first kappa shape index (κ1) is 12.2. The zero-order valence-electron chi connectivity index (χ0n) is 8.68. The van der Waals surface area contributed by atoms with Crippen LogP contribution in [0.15, 0.2) is 24.3 Å². The zero-order valence-corrected chi connectivity index (χ0v) is 8.68. The maximum absolute atomic E-state index is 13.3. The van der Waals surface area contributed by atoms with Crippen molar-refractivity contribution in [3.8, 4) is 0 Å². The lowest BCUT2D eigenvalue weighted by molar-refractivity contribution is 0.0696. The van der Waals surface area contributed by atoms with E-state index in [1.54, 1.807) is 6.92 Å². The monoisotopic (exact) mass is 227 g/mol. The highest BCUT2D eigenvalue weighted by Crippen LogP contribution is 2.21. The molecule has 3 nitrogen and oxygen atoms in total. The number of carboxylic acid groups (broad SMARTS) is 1. The number of rotatable bonds is 4. The van der Waals surface area contributed by atoms with Crippen molar-refractivity contribution in [1.29, 1.82) is 0 Å². The van der Waals surface area contributed by atoms with Crippen LogP contribution in [0.25, 0.3) is 0 Å². The minimum absolute atomic E-state index is 0.222. The maximum atomic E-state index is 13.3. The Morgan fingerprint density at radius 3 is 2.31 bits per heavy atom. The second-order valence-electron chi connectivity index (χ2n) is 3.43. The Balaban J connectivity index is 3.03. The molecule has 0 radical (unpaired) electrons. The number of hydrogen-bond donors (Lipinski definition) is 2. The van der Waals surface area contributed by atoms with E-state index in [9.17, 15) is 13.6 Å². The summed E-state index contributed by atoms with van der Waals surface area (Å²) in [5.74, 6) is -3.23. The molecule has 0 aromatic heterocycles. The molecule has 0 spiro atoms. The molecule has 0 fully saturated rings. The number of halogens is 2. The van der Waals surface area contributed by atoms with Crippen LogP contribution in [-0.4, -0.2) is 17.6 Å². The van der Waals surface area contributed by atoms with E-state index in [4.69, 9.17) is 5.11 Å². The number of benzene rings is 1. The van der Waals surface area contributed by atoms with Crippen molar-refractivity contribution in [3.05, 3.63) is 41.5 Å². The van der Waals surface area contributed by atoms with Crippen LogP contribution in [0.4, 0.5) is 14.5 Å². The third-order valence-electron chi connectivity index (χ3n) is 1.86. The van der Waals surface area contributed by atoms with Crippen LogP contribution in [0, 0.1) is 11.6 Å². The quantitative estimate of drug-likeness (QED) is 0.777. The highest BCUT2D eigenvalue weighted by atomic mass is 19.1. The normalized spacial score (nSPS) is 9.94. The number of carboxylic acids is 1. The van der Waals surface area contributed by atoms with E-state index in [1.165, 1.54) is 0 Å². The standard InChI is InChI=1S/C11H11F2NO2/c1-6(2)5-14-10-8(12)3-7(11(15)16)4-9(10)13/h3-4,14H,1,5H2,2H3,(H,15,16). The van der Waals surface area contributed by atoms with Crippen molar-refractivity contribution in [2.75, 3.05) is 11.9 Å². The van der Waals surface area contributed by atoms with Crippen molar-refractivity contribution >= 4 is 11.7 Å². The molecular weight excluding hydrogens is 216 g/mol. The lowest BCUT2D eigenvalue weighted by atomic mass is 10.2. The average molecular weight is 227 g/mol. The molecule has 0 aliphatic rings. The molecule has 1 rings (SSSR count). The van der Waals surface area contributed by atoms with E-state index in [-0.39, 0.29) is 12.2 Å². The summed E-state index contributed by atoms with van der Waals surface area (Å²) in [5, 5.41) is 11.1. The van der Waals surface area contributed by atoms with Crippen molar-refractivity contribution in [1.82, 2.24) is 0 Å². The number of carbonyl (C=O) groups is 1. The summed E-state index contributed by atoms with van der Waals surface area (Å²) in [6, 6.07) is 1.54. The molecule has 0 bridgehead atoms. The zero-order chi connectivity index (χ0) is 12.3. The first-order chi connectivity index (χ1) is 7.41. The lowest BCUT2D eigenvalue weighted by Crippen LogP contribution is -2.08. The fourth-order valence-corrected chi connectivity index (χ4v) is 1.10. The fraction of sp³-hybridized carbons (Fsp3) is 0.182. The fourth-order valence-electron chi connectivity index (χ4n) is 1.10. The molecule has 0 amide bonds. The summed E-state index contributed by atoms with van der Waals surface area (Å²) in [4.78, 5) is 10.5. The van der Waals surface area contributed by atoms with Gasteiger partial charge in [0.05, 0.1) is 5.56 Å². The van der Waals surface area contributed by atoms with Gasteiger partial charge in [0.25, 0.3) is 0 Å². The topological polar surface area (TPSA) is 49.3 Å². The largest absolute Gasteiger partial charge is 0.478 e. The summed E-state index contributed by atoms with van der Waals surface area (Å²) >= 11 is 0. The average Bonchev–Trinajstić information content (AvgIpc) is 2.15. The van der Waals surface area contributed by atoms with Crippen LogP contribution in [0.1, 0.15) is 17.3 Å². The third-order valence-corrected chi connectivity index (χ3v) is 1.86. The third kappa shape index (κ3) is 2.79. The van der Waals surface area contributed by atoms with Crippen LogP contribution in [0.5, 0.6) is 0 Å². The van der Waals surface area contributed by atoms with Crippen LogP contribution in [-0.2, 0) is 0 Å². The first-order valence-electron chi connectivity index (χ1n) is 4.52. The van der Waals surface area contributed by atoms with Gasteiger partial charge in [-0.15, -0.1) is 0 Å². The number of hydrogen-bond acceptors (Lipinski definition) is 2. The molecule has 0 aliphatic carbocycles. The molecule has 0 heterocycles. The highest BCUT2D eigenvalue weighted by Gasteiger charge is 2.14. The molecule has 5 heteroatoms. The Labute approximate surface area is 91.4 Å². The molecular formula is C11H11F2NO2. The van der Waals surface area contributed by atoms with E-state index < -0.39 is 23.2 Å². The minimum Gasteiger partial charge on any atom is -0.478 e. The molecule has 1 aromatic rings. The number of nitrogens with one attached hydrogen (secondary N) is 1. The van der Waals surface area contributed by atoms with Crippen LogP contribution in [0.2, 0.25) is 0 Å². The predicted octanol–water partition coefficient (Wildman–Crippen LogP) is 2.65. The van der Waals surface area contributed by atoms with Crippen LogP contribution in [0.3, 0.4) is 0 Å². The Bertz CT molecular complexity index is 421. The highest BCUT2D eigenvalue weighted by molar-refractivity contribution is 5.88. The smallest absolute Gasteiger partial charge is 0.335 e. The maximum Gasteiger partial charge on any atom is 0.335 e. The van der Waals surface area contributed by atoms with Gasteiger partial charge in [0.2, 0.25) is 0 Å². The Morgan fingerprint density at radius 2 is 1.94 bits per heavy atom. The summed E-state index contributed by atoms with van der Waals surface area (Å²) < 4.78 is 26.7. The predicted molar refractivity (Wildman–Crippen MR) is 56.6 cm³/mol. The first-order valence-corrected chi connectivity index (χ1v) is 4.52. The van der Waals surface area contributed by atoms with Gasteiger partial charge in [-0.1, -0.05) is 12.2 Å². The van der Waals surface area contributed by atoms with Crippen molar-refractivity contribution in [3.63, 3.8) is 0 Å². The molecule has 0 atom stereocenters. The van der Waals surface area contributed by atoms with E-state index in [2.05, 4.69) is 11.9 Å². The van der Waals surface area contributed by atoms with Gasteiger partial charge in [0, 0.05) is 6.54 Å². The van der Waals surface area contributed by atoms with Crippen molar-refractivity contribution in [2.24, 2.45) is 0 Å². The van der Waals surface area contributed by atoms with Gasteiger partial charge in [-0.25, -0.2) is 13.6 Å². The van der Waals surface area contributed by atoms with Gasteiger partial charge in [-0.05, 0) is 19.1 Å². The molecule has 86 valence electrons. The second kappa shape index (κ2) is 4.74. The second-order valence-corrected chi connectivity index (χ2v) is 3.43. The van der Waals surface area contributed by atoms with Crippen molar-refractivity contribution in [2.45, 2.75) is 6.92 Å². The SMILES string of the molecule is C=C(C)CNc1c(F)cc(C(=O)O)cc1F. The van der Waals surface area contributed by atoms with E-state index in [0.29, 0.717) is 5.57 Å². The lowest BCUT2D eigenvalue weighted by Gasteiger charge is -2.09. The molecule has 1 aromatic carbocycles. The molecule has 0 saturated heterocycles. The summed E-state index contributed by atoms with van der Waals surface area (Å²) in [5.41, 5.74) is -0.0509. The summed E-state index contributed by atoms with van der Waals surface area (Å²) in [6.45, 7) is 5.50. The van der Waals surface area contributed by atoms with Gasteiger partial charge in [-0.2, -0.15) is 0 Å². The molecule has 2 N–H and O–H groups in total. The van der Waals surface area contributed by atoms with Gasteiger partial charge < -0.3 is 10.4 Å². The molecule has 0 aliphatic heterocycles. The molecule has 16 heavy (non-hydrogen) atoms. The van der Waals surface area contributed by atoms with Gasteiger partial charge in [0.1, 0.15) is 17.3 Å². The molecule has 0 unspecified atom stereocenters. The van der Waals surface area contributed by atoms with Crippen molar-refractivity contribution < 1.29 is 18.7 Å². The van der Waals surface area contributed by atoms with E-state index >= 15 is 0 Å². The number of aromatic carboxylic acids is 1. The summed E-state index contributed by atoms with van der Waals surface area (Å²) in [6.07, 6.45) is 0. The Kier molecular flexibility index (Phi) is 3.60.